The topological polar surface area (TPSA) is 84.9 Å². The summed E-state index contributed by atoms with van der Waals surface area (Å²) in [5, 5.41) is 4.52. The third-order valence-electron chi connectivity index (χ3n) is 7.58. The molecule has 2 aliphatic heterocycles. The lowest BCUT2D eigenvalue weighted by Crippen LogP contribution is -2.46. The maximum Gasteiger partial charge on any atom is 0.229 e. The van der Waals surface area contributed by atoms with Crippen molar-refractivity contribution in [1.29, 1.82) is 0 Å². The highest BCUT2D eigenvalue weighted by Gasteiger charge is 2.27. The van der Waals surface area contributed by atoms with E-state index in [1.54, 1.807) is 7.11 Å². The average Bonchev–Trinajstić information content (AvgIpc) is 2.95. The fraction of sp³-hybridized carbons (Fsp3) is 0.567. The maximum absolute atomic E-state index is 5.72. The molecule has 9 heteroatoms. The van der Waals surface area contributed by atoms with Crippen molar-refractivity contribution in [2.24, 2.45) is 5.92 Å². The molecule has 2 saturated heterocycles. The monoisotopic (exact) mass is 534 g/mol. The fourth-order valence-electron chi connectivity index (χ4n) is 5.25. The lowest BCUT2D eigenvalue weighted by molar-refractivity contribution is 0.0973. The molecule has 3 aromatic rings. The van der Waals surface area contributed by atoms with Crippen LogP contribution in [0.3, 0.4) is 0 Å². The van der Waals surface area contributed by atoms with Crippen LogP contribution >= 0.6 is 0 Å². The van der Waals surface area contributed by atoms with Gasteiger partial charge in [-0.25, -0.2) is 4.98 Å². The minimum atomic E-state index is 0.196. The zero-order chi connectivity index (χ0) is 27.4. The Labute approximate surface area is 231 Å². The van der Waals surface area contributed by atoms with Crippen LogP contribution < -0.4 is 19.9 Å². The molecule has 5 rings (SSSR count). The lowest BCUT2D eigenvalue weighted by Gasteiger charge is -2.37. The second-order valence-electron chi connectivity index (χ2n) is 11.0. The largest absolute Gasteiger partial charge is 0.496 e. The molecule has 0 spiro atoms. The van der Waals surface area contributed by atoms with Gasteiger partial charge in [0.15, 0.2) is 5.65 Å². The van der Waals surface area contributed by atoms with Gasteiger partial charge in [0.1, 0.15) is 11.6 Å². The predicted octanol–water partition coefficient (Wildman–Crippen LogP) is 4.29. The molecule has 2 fully saturated rings. The molecule has 0 aliphatic carbocycles. The number of anilines is 2. The zero-order valence-corrected chi connectivity index (χ0v) is 23.9. The van der Waals surface area contributed by atoms with Crippen molar-refractivity contribution in [3.63, 3.8) is 0 Å². The Morgan fingerprint density at radius 2 is 1.72 bits per heavy atom. The molecule has 0 bridgehead atoms. The van der Waals surface area contributed by atoms with Crippen molar-refractivity contribution in [3.05, 3.63) is 35.9 Å². The Hall–Kier alpha value is -3.01. The molecule has 0 unspecified atom stereocenters. The number of benzene rings is 1. The number of nitrogens with zero attached hydrogens (tertiary/aromatic N) is 5. The van der Waals surface area contributed by atoms with Crippen molar-refractivity contribution < 1.29 is 14.2 Å². The van der Waals surface area contributed by atoms with E-state index in [2.05, 4.69) is 67.1 Å². The van der Waals surface area contributed by atoms with Gasteiger partial charge in [-0.15, -0.1) is 0 Å². The van der Waals surface area contributed by atoms with Gasteiger partial charge in [-0.2, -0.15) is 9.97 Å². The minimum absolute atomic E-state index is 0.196. The van der Waals surface area contributed by atoms with Gasteiger partial charge in [-0.3, -0.25) is 0 Å². The van der Waals surface area contributed by atoms with E-state index in [0.29, 0.717) is 43.9 Å². The first kappa shape index (κ1) is 27.6. The Bertz CT molecular complexity index is 1270. The quantitative estimate of drug-likeness (QED) is 0.404. The molecule has 1 N–H and O–H groups in total. The normalized spacial score (nSPS) is 20.2. The van der Waals surface area contributed by atoms with E-state index < -0.39 is 0 Å². The average molecular weight is 535 g/mol. The molecule has 39 heavy (non-hydrogen) atoms. The zero-order valence-electron chi connectivity index (χ0n) is 23.9. The summed E-state index contributed by atoms with van der Waals surface area (Å²) < 4.78 is 17.1. The second-order valence-corrected chi connectivity index (χ2v) is 11.0. The summed E-state index contributed by atoms with van der Waals surface area (Å²) in [7, 11) is 1.72. The molecule has 0 radical (unpaired) electrons. The van der Waals surface area contributed by atoms with Crippen LogP contribution in [0, 0.1) is 5.92 Å². The smallest absolute Gasteiger partial charge is 0.229 e. The second kappa shape index (κ2) is 12.4. The van der Waals surface area contributed by atoms with Crippen molar-refractivity contribution in [2.45, 2.75) is 52.7 Å². The standard InChI is InChI=1S/C30H42N6O3/c1-20(2)10-11-31-17-24-16-23(6-9-27(24)37-5)26-8-7-25-28(32-26)33-30(36-13-15-39-19-22(36)4)34-29(25)35-12-14-38-18-21(35)3/h6-9,16,20-22,31H,10-15,17-19H2,1-5H3/t21-,22-/m0/s1. The Balaban J connectivity index is 1.53. The van der Waals surface area contributed by atoms with E-state index >= 15 is 0 Å². The van der Waals surface area contributed by atoms with Gasteiger partial charge in [0.25, 0.3) is 0 Å². The third kappa shape index (κ3) is 6.26. The first-order valence-electron chi connectivity index (χ1n) is 14.2. The number of ether oxygens (including phenoxy) is 3. The SMILES string of the molecule is COc1ccc(-c2ccc3c(N4CCOC[C@@H]4C)nc(N4CCOC[C@@H]4C)nc3n2)cc1CNCCC(C)C. The molecule has 2 aliphatic rings. The highest BCUT2D eigenvalue weighted by Crippen LogP contribution is 2.32. The van der Waals surface area contributed by atoms with E-state index in [1.807, 2.05) is 6.07 Å². The number of methoxy groups -OCH3 is 1. The third-order valence-corrected chi connectivity index (χ3v) is 7.58. The van der Waals surface area contributed by atoms with E-state index in [0.717, 1.165) is 66.4 Å². The van der Waals surface area contributed by atoms with Crippen molar-refractivity contribution in [3.8, 4) is 17.0 Å². The fourth-order valence-corrected chi connectivity index (χ4v) is 5.25. The molecule has 210 valence electrons. The van der Waals surface area contributed by atoms with Gasteiger partial charge in [0.05, 0.1) is 56.7 Å². The van der Waals surface area contributed by atoms with Gasteiger partial charge in [0.2, 0.25) is 5.95 Å². The number of rotatable bonds is 9. The molecule has 4 heterocycles. The molecule has 0 amide bonds. The summed E-state index contributed by atoms with van der Waals surface area (Å²) >= 11 is 0. The van der Waals surface area contributed by atoms with E-state index in [-0.39, 0.29) is 12.1 Å². The van der Waals surface area contributed by atoms with Crippen LogP contribution in [0.15, 0.2) is 30.3 Å². The summed E-state index contributed by atoms with van der Waals surface area (Å²) in [6, 6.07) is 10.9. The van der Waals surface area contributed by atoms with Gasteiger partial charge in [-0.1, -0.05) is 13.8 Å². The number of fused-ring (bicyclic) bond motifs is 1. The van der Waals surface area contributed by atoms with Crippen LogP contribution in [0.25, 0.3) is 22.3 Å². The van der Waals surface area contributed by atoms with Gasteiger partial charge in [0, 0.05) is 30.8 Å². The lowest BCUT2D eigenvalue weighted by atomic mass is 10.1. The summed E-state index contributed by atoms with van der Waals surface area (Å²) in [4.78, 5) is 19.8. The van der Waals surface area contributed by atoms with Crippen molar-refractivity contribution in [1.82, 2.24) is 20.3 Å². The number of hydrogen-bond donors (Lipinski definition) is 1. The number of hydrogen-bond acceptors (Lipinski definition) is 9. The van der Waals surface area contributed by atoms with Crippen LogP contribution in [0.4, 0.5) is 11.8 Å². The summed E-state index contributed by atoms with van der Waals surface area (Å²) in [5.74, 6) is 3.19. The van der Waals surface area contributed by atoms with Crippen LogP contribution in [0.5, 0.6) is 5.75 Å². The van der Waals surface area contributed by atoms with Crippen LogP contribution in [0.1, 0.15) is 39.7 Å². The number of nitrogens with one attached hydrogen (secondary N) is 1. The summed E-state index contributed by atoms with van der Waals surface area (Å²) in [6.07, 6.45) is 1.14. The molecule has 1 aromatic carbocycles. The van der Waals surface area contributed by atoms with E-state index in [1.165, 1.54) is 0 Å². The van der Waals surface area contributed by atoms with Gasteiger partial charge in [-0.05, 0) is 63.1 Å². The number of morpholine rings is 2. The highest BCUT2D eigenvalue weighted by atomic mass is 16.5. The van der Waals surface area contributed by atoms with Crippen LogP contribution in [-0.2, 0) is 16.0 Å². The first-order chi connectivity index (χ1) is 18.9. The molecular formula is C30H42N6O3. The first-order valence-corrected chi connectivity index (χ1v) is 14.2. The molecule has 2 atom stereocenters. The number of pyridine rings is 1. The van der Waals surface area contributed by atoms with Crippen LogP contribution in [0.2, 0.25) is 0 Å². The van der Waals surface area contributed by atoms with E-state index in [4.69, 9.17) is 29.2 Å². The summed E-state index contributed by atoms with van der Waals surface area (Å²) in [6.45, 7) is 14.8. The minimum Gasteiger partial charge on any atom is -0.496 e. The van der Waals surface area contributed by atoms with Crippen molar-refractivity contribution in [2.75, 3.05) is 63.0 Å². The maximum atomic E-state index is 5.72. The van der Waals surface area contributed by atoms with Crippen LogP contribution in [-0.4, -0.2) is 80.2 Å². The Morgan fingerprint density at radius 3 is 2.41 bits per heavy atom. The Kier molecular flexibility index (Phi) is 8.79. The number of aromatic nitrogens is 3. The van der Waals surface area contributed by atoms with Crippen molar-refractivity contribution >= 4 is 22.8 Å². The van der Waals surface area contributed by atoms with Gasteiger partial charge >= 0.3 is 0 Å². The molecule has 2 aromatic heterocycles. The predicted molar refractivity (Wildman–Crippen MR) is 156 cm³/mol. The Morgan fingerprint density at radius 1 is 0.974 bits per heavy atom. The molecule has 0 saturated carbocycles. The van der Waals surface area contributed by atoms with E-state index in [9.17, 15) is 0 Å². The molecular weight excluding hydrogens is 492 g/mol. The van der Waals surface area contributed by atoms with Gasteiger partial charge < -0.3 is 29.3 Å². The summed E-state index contributed by atoms with van der Waals surface area (Å²) in [5.41, 5.74) is 3.75. The highest BCUT2D eigenvalue weighted by molar-refractivity contribution is 5.90. The molecule has 9 nitrogen and oxygen atoms in total.